The molecule has 3 nitrogen and oxygen atoms in total. The fourth-order valence-electron chi connectivity index (χ4n) is 1.37. The second kappa shape index (κ2) is 3.58. The van der Waals surface area contributed by atoms with Gasteiger partial charge in [0.15, 0.2) is 0 Å². The molecule has 0 amide bonds. The second-order valence-corrected chi connectivity index (χ2v) is 3.22. The number of hydrogen-bond donors (Lipinski definition) is 1. The van der Waals surface area contributed by atoms with Crippen LogP contribution >= 0.6 is 0 Å². The summed E-state index contributed by atoms with van der Waals surface area (Å²) in [6, 6.07) is 10.4. The molecule has 2 rings (SSSR count). The summed E-state index contributed by atoms with van der Waals surface area (Å²) in [4.78, 5) is 4.34. The zero-order valence-corrected chi connectivity index (χ0v) is 7.70. The van der Waals surface area contributed by atoms with Crippen LogP contribution in [0.4, 0.5) is 0 Å². The number of nitrogens with one attached hydrogen (secondary N) is 1. The van der Waals surface area contributed by atoms with Gasteiger partial charge in [0.05, 0.1) is 0 Å². The molecule has 0 radical (unpaired) electrons. The van der Waals surface area contributed by atoms with E-state index in [4.69, 9.17) is 0 Å². The van der Waals surface area contributed by atoms with E-state index >= 15 is 0 Å². The van der Waals surface area contributed by atoms with Gasteiger partial charge in [-0.2, -0.15) is 0 Å². The summed E-state index contributed by atoms with van der Waals surface area (Å²) in [7, 11) is 1.99. The minimum Gasteiger partial charge on any atom is -0.305 e. The highest BCUT2D eigenvalue weighted by atomic mass is 15.6. The lowest BCUT2D eigenvalue weighted by atomic mass is 10.1. The summed E-state index contributed by atoms with van der Waals surface area (Å²) < 4.78 is 0. The maximum absolute atomic E-state index is 4.34. The molecule has 0 unspecified atom stereocenters. The smallest absolute Gasteiger partial charge is 0.117 e. The predicted molar refractivity (Wildman–Crippen MR) is 53.3 cm³/mol. The molecule has 1 aliphatic rings. The molecule has 1 heterocycles. The monoisotopic (exact) mass is 175 g/mol. The van der Waals surface area contributed by atoms with E-state index < -0.39 is 0 Å². The van der Waals surface area contributed by atoms with Crippen LogP contribution in [-0.2, 0) is 6.42 Å². The molecular weight excluding hydrogens is 162 g/mol. The molecule has 1 N–H and O–H groups in total. The number of benzene rings is 1. The average Bonchev–Trinajstić information content (AvgIpc) is 2.53. The fourth-order valence-corrected chi connectivity index (χ4v) is 1.37. The molecule has 0 saturated heterocycles. The van der Waals surface area contributed by atoms with Crippen LogP contribution in [0.15, 0.2) is 35.3 Å². The summed E-state index contributed by atoms with van der Waals surface area (Å²) in [6.45, 7) is 0.752. The van der Waals surface area contributed by atoms with Crippen LogP contribution < -0.4 is 5.43 Å². The van der Waals surface area contributed by atoms with Crippen LogP contribution in [0, 0.1) is 0 Å². The molecule has 1 aliphatic heterocycles. The first-order chi connectivity index (χ1) is 6.34. The molecule has 68 valence electrons. The van der Waals surface area contributed by atoms with Gasteiger partial charge in [-0.1, -0.05) is 30.3 Å². The van der Waals surface area contributed by atoms with E-state index in [9.17, 15) is 0 Å². The Hall–Kier alpha value is -1.35. The second-order valence-electron chi connectivity index (χ2n) is 3.22. The van der Waals surface area contributed by atoms with Crippen molar-refractivity contribution in [2.45, 2.75) is 6.42 Å². The Morgan fingerprint density at radius 3 is 2.77 bits per heavy atom. The molecule has 0 fully saturated rings. The maximum Gasteiger partial charge on any atom is 0.117 e. The van der Waals surface area contributed by atoms with Crippen molar-refractivity contribution < 1.29 is 0 Å². The van der Waals surface area contributed by atoms with Crippen LogP contribution in [0.3, 0.4) is 0 Å². The Labute approximate surface area is 78.1 Å². The SMILES string of the molecule is CN1CN=C(Cc2ccccc2)N1. The van der Waals surface area contributed by atoms with Crippen molar-refractivity contribution in [3.63, 3.8) is 0 Å². The zero-order valence-electron chi connectivity index (χ0n) is 7.70. The van der Waals surface area contributed by atoms with Gasteiger partial charge >= 0.3 is 0 Å². The molecule has 0 saturated carbocycles. The molecule has 1 aromatic carbocycles. The summed E-state index contributed by atoms with van der Waals surface area (Å²) in [5.41, 5.74) is 4.48. The Morgan fingerprint density at radius 1 is 1.38 bits per heavy atom. The Morgan fingerprint density at radius 2 is 2.15 bits per heavy atom. The van der Waals surface area contributed by atoms with Crippen molar-refractivity contribution in [1.82, 2.24) is 10.4 Å². The van der Waals surface area contributed by atoms with Crippen LogP contribution in [0.2, 0.25) is 0 Å². The minimum absolute atomic E-state index is 0.752. The third-order valence-corrected chi connectivity index (χ3v) is 2.01. The summed E-state index contributed by atoms with van der Waals surface area (Å²) in [6.07, 6.45) is 0.894. The summed E-state index contributed by atoms with van der Waals surface area (Å²) in [5.74, 6) is 1.05. The van der Waals surface area contributed by atoms with E-state index in [2.05, 4.69) is 34.7 Å². The van der Waals surface area contributed by atoms with Crippen LogP contribution in [0.25, 0.3) is 0 Å². The van der Waals surface area contributed by atoms with Crippen molar-refractivity contribution in [3.05, 3.63) is 35.9 Å². The first kappa shape index (κ1) is 8.26. The van der Waals surface area contributed by atoms with Crippen molar-refractivity contribution in [3.8, 4) is 0 Å². The van der Waals surface area contributed by atoms with Gasteiger partial charge in [-0.25, -0.2) is 5.01 Å². The highest BCUT2D eigenvalue weighted by Gasteiger charge is 2.09. The minimum atomic E-state index is 0.752. The van der Waals surface area contributed by atoms with Gasteiger partial charge in [-0.3, -0.25) is 4.99 Å². The molecular formula is C10H13N3. The van der Waals surface area contributed by atoms with E-state index in [0.29, 0.717) is 0 Å². The lowest BCUT2D eigenvalue weighted by Crippen LogP contribution is -2.33. The van der Waals surface area contributed by atoms with E-state index in [1.807, 2.05) is 18.1 Å². The predicted octanol–water partition coefficient (Wildman–Crippen LogP) is 1.04. The number of nitrogens with zero attached hydrogens (tertiary/aromatic N) is 2. The standard InChI is InChI=1S/C10H13N3/c1-13-8-11-10(12-13)7-9-5-3-2-4-6-9/h2-6H,7-8H2,1H3,(H,11,12). The van der Waals surface area contributed by atoms with Crippen LogP contribution in [0.5, 0.6) is 0 Å². The number of hydrazine groups is 1. The molecule has 0 atom stereocenters. The average molecular weight is 175 g/mol. The summed E-state index contributed by atoms with van der Waals surface area (Å²) in [5, 5.41) is 1.97. The van der Waals surface area contributed by atoms with Gasteiger partial charge in [-0.15, -0.1) is 0 Å². The largest absolute Gasteiger partial charge is 0.305 e. The van der Waals surface area contributed by atoms with Crippen molar-refractivity contribution >= 4 is 5.84 Å². The first-order valence-corrected chi connectivity index (χ1v) is 4.39. The van der Waals surface area contributed by atoms with Gasteiger partial charge in [0.25, 0.3) is 0 Å². The zero-order chi connectivity index (χ0) is 9.10. The van der Waals surface area contributed by atoms with Crippen LogP contribution in [0.1, 0.15) is 5.56 Å². The Kier molecular flexibility index (Phi) is 2.27. The fraction of sp³-hybridized carbons (Fsp3) is 0.300. The molecule has 1 aromatic rings. The lowest BCUT2D eigenvalue weighted by molar-refractivity contribution is 0.330. The van der Waals surface area contributed by atoms with Gasteiger partial charge in [-0.05, 0) is 5.56 Å². The molecule has 0 spiro atoms. The highest BCUT2D eigenvalue weighted by Crippen LogP contribution is 2.02. The van der Waals surface area contributed by atoms with E-state index in [-0.39, 0.29) is 0 Å². The normalized spacial score (nSPS) is 16.8. The molecule has 0 aromatic heterocycles. The number of amidine groups is 1. The quantitative estimate of drug-likeness (QED) is 0.727. The number of hydrogen-bond acceptors (Lipinski definition) is 3. The Balaban J connectivity index is 2.00. The van der Waals surface area contributed by atoms with Gasteiger partial charge in [0, 0.05) is 13.5 Å². The topological polar surface area (TPSA) is 27.6 Å². The van der Waals surface area contributed by atoms with Gasteiger partial charge < -0.3 is 5.43 Å². The van der Waals surface area contributed by atoms with E-state index in [1.54, 1.807) is 0 Å². The van der Waals surface area contributed by atoms with Gasteiger partial charge in [0.1, 0.15) is 12.5 Å². The maximum atomic E-state index is 4.34. The molecule has 0 bridgehead atoms. The molecule has 3 heteroatoms. The molecule has 13 heavy (non-hydrogen) atoms. The Bertz CT molecular complexity index is 305. The third-order valence-electron chi connectivity index (χ3n) is 2.01. The van der Waals surface area contributed by atoms with E-state index in [1.165, 1.54) is 5.56 Å². The summed E-state index contributed by atoms with van der Waals surface area (Å²) >= 11 is 0. The van der Waals surface area contributed by atoms with Crippen molar-refractivity contribution in [2.24, 2.45) is 4.99 Å². The highest BCUT2D eigenvalue weighted by molar-refractivity contribution is 5.84. The van der Waals surface area contributed by atoms with E-state index in [0.717, 1.165) is 18.9 Å². The first-order valence-electron chi connectivity index (χ1n) is 4.39. The van der Waals surface area contributed by atoms with Crippen molar-refractivity contribution in [2.75, 3.05) is 13.7 Å². The number of rotatable bonds is 2. The van der Waals surface area contributed by atoms with Crippen LogP contribution in [-0.4, -0.2) is 24.6 Å². The molecule has 0 aliphatic carbocycles. The lowest BCUT2D eigenvalue weighted by Gasteiger charge is -2.08. The number of aliphatic imine (C=N–C) groups is 1. The van der Waals surface area contributed by atoms with Crippen molar-refractivity contribution in [1.29, 1.82) is 0 Å². The van der Waals surface area contributed by atoms with Gasteiger partial charge in [0.2, 0.25) is 0 Å². The third kappa shape index (κ3) is 2.06.